The van der Waals surface area contributed by atoms with E-state index in [1.165, 1.54) is 17.2 Å². The van der Waals surface area contributed by atoms with Crippen LogP contribution in [0.1, 0.15) is 89.0 Å². The van der Waals surface area contributed by atoms with E-state index in [-0.39, 0.29) is 24.3 Å². The molecule has 15 heteroatoms. The molecule has 0 radical (unpaired) electrons. The first-order valence-corrected chi connectivity index (χ1v) is 20.5. The van der Waals surface area contributed by atoms with E-state index in [4.69, 9.17) is 23.7 Å². The lowest BCUT2D eigenvalue weighted by atomic mass is 10.1. The molecule has 3 rings (SSSR count). The van der Waals surface area contributed by atoms with Gasteiger partial charge in [0, 0.05) is 33.1 Å². The molecule has 0 aliphatic heterocycles. The van der Waals surface area contributed by atoms with Crippen molar-refractivity contribution in [1.82, 2.24) is 19.8 Å². The second kappa shape index (κ2) is 30.7. The number of carbonyl (C=O) groups excluding carboxylic acids is 4. The van der Waals surface area contributed by atoms with Crippen LogP contribution in [-0.4, -0.2) is 113 Å². The monoisotopic (exact) mass is 830 g/mol. The normalized spacial score (nSPS) is 12.6. The van der Waals surface area contributed by atoms with Crippen LogP contribution in [-0.2, 0) is 64.6 Å². The summed E-state index contributed by atoms with van der Waals surface area (Å²) in [6.45, 7) is 10.8. The first-order valence-electron chi connectivity index (χ1n) is 20.5. The summed E-state index contributed by atoms with van der Waals surface area (Å²) in [6, 6.07) is 12.9. The molecular formula is C44H71N5O10. The molecule has 0 spiro atoms. The lowest BCUT2D eigenvalue weighted by Gasteiger charge is -2.27. The number of benzene rings is 2. The summed E-state index contributed by atoms with van der Waals surface area (Å²) in [5.74, 6) is 0. The summed E-state index contributed by atoms with van der Waals surface area (Å²) in [4.78, 5) is 58.7. The van der Waals surface area contributed by atoms with E-state index in [1.54, 1.807) is 32.4 Å². The van der Waals surface area contributed by atoms with E-state index < -0.39 is 17.7 Å². The van der Waals surface area contributed by atoms with Crippen LogP contribution in [0.3, 0.4) is 0 Å². The third kappa shape index (κ3) is 20.5. The quantitative estimate of drug-likeness (QED) is 0.0700. The van der Waals surface area contributed by atoms with Crippen LogP contribution < -0.4 is 22.1 Å². The van der Waals surface area contributed by atoms with Gasteiger partial charge in [-0.05, 0) is 110 Å². The number of nitrogens with two attached hydrogens (primary N) is 1. The van der Waals surface area contributed by atoms with E-state index in [0.29, 0.717) is 77.4 Å². The predicted octanol–water partition coefficient (Wildman–Crippen LogP) is 4.86. The number of nitrogens with one attached hydrogen (secondary N) is 2. The summed E-state index contributed by atoms with van der Waals surface area (Å²) in [5, 5.41) is 5.59. The maximum atomic E-state index is 13.0. The van der Waals surface area contributed by atoms with Gasteiger partial charge in [-0.2, -0.15) is 0 Å². The Kier molecular flexibility index (Phi) is 27.5. The van der Waals surface area contributed by atoms with Gasteiger partial charge >= 0.3 is 11.8 Å². The fourth-order valence-corrected chi connectivity index (χ4v) is 6.10. The van der Waals surface area contributed by atoms with Crippen molar-refractivity contribution in [2.45, 2.75) is 109 Å². The van der Waals surface area contributed by atoms with Gasteiger partial charge in [0.05, 0.1) is 62.3 Å². The number of aromatic nitrogens is 2. The van der Waals surface area contributed by atoms with Gasteiger partial charge < -0.3 is 54.4 Å². The molecule has 0 aliphatic carbocycles. The fourth-order valence-electron chi connectivity index (χ4n) is 6.10. The second-order valence-electron chi connectivity index (χ2n) is 14.8. The predicted molar refractivity (Wildman–Crippen MR) is 231 cm³/mol. The van der Waals surface area contributed by atoms with Gasteiger partial charge in [0.25, 0.3) is 0 Å². The molecule has 1 heterocycles. The van der Waals surface area contributed by atoms with E-state index in [9.17, 15) is 24.0 Å². The summed E-state index contributed by atoms with van der Waals surface area (Å²) in [5.41, 5.74) is 8.33. The molecule has 1 amide bonds. The highest BCUT2D eigenvalue weighted by Crippen LogP contribution is 2.23. The third-order valence-corrected chi connectivity index (χ3v) is 8.89. The fraction of sp³-hybridized carbons (Fsp3) is 0.614. The van der Waals surface area contributed by atoms with Gasteiger partial charge in [-0.1, -0.05) is 36.4 Å². The molecule has 3 atom stereocenters. The number of carbonyl (C=O) groups is 4. The molecule has 0 fully saturated rings. The van der Waals surface area contributed by atoms with Crippen LogP contribution in [0.5, 0.6) is 0 Å². The molecule has 0 aliphatic rings. The van der Waals surface area contributed by atoms with Crippen molar-refractivity contribution in [2.75, 3.05) is 60.8 Å². The zero-order valence-corrected chi connectivity index (χ0v) is 36.7. The molecule has 3 aromatic rings. The number of aldehydes is 3. The molecule has 59 heavy (non-hydrogen) atoms. The Morgan fingerprint density at radius 2 is 1.36 bits per heavy atom. The highest BCUT2D eigenvalue weighted by atomic mass is 16.6. The summed E-state index contributed by atoms with van der Waals surface area (Å²) in [7, 11) is 6.95. The zero-order valence-electron chi connectivity index (χ0n) is 36.7. The highest BCUT2D eigenvalue weighted by Gasteiger charge is 2.24. The summed E-state index contributed by atoms with van der Waals surface area (Å²) < 4.78 is 31.6. The number of amides is 1. The number of para-hydroxylation sites is 1. The minimum Gasteiger partial charge on any atom is -0.444 e. The van der Waals surface area contributed by atoms with Crippen LogP contribution in [0.4, 0.5) is 4.79 Å². The van der Waals surface area contributed by atoms with Crippen LogP contribution >= 0.6 is 0 Å². The molecule has 0 saturated carbocycles. The molecule has 0 bridgehead atoms. The second-order valence-corrected chi connectivity index (χ2v) is 14.8. The number of nitrogens with zero attached hydrogens (tertiary/aromatic N) is 2. The average Bonchev–Trinajstić information content (AvgIpc) is 3.47. The van der Waals surface area contributed by atoms with Crippen LogP contribution in [0.15, 0.2) is 47.3 Å². The summed E-state index contributed by atoms with van der Waals surface area (Å²) in [6.07, 6.45) is 6.02. The molecular weight excluding hydrogens is 759 g/mol. The number of hydrogen-bond acceptors (Lipinski definition) is 12. The van der Waals surface area contributed by atoms with Crippen molar-refractivity contribution in [3.05, 3.63) is 69.6 Å². The minimum atomic E-state index is -0.678. The number of aryl methyl sites for hydroxylation is 3. The average molecular weight is 830 g/mol. The Labute approximate surface area is 350 Å². The van der Waals surface area contributed by atoms with Crippen molar-refractivity contribution < 1.29 is 42.9 Å². The Morgan fingerprint density at radius 1 is 0.814 bits per heavy atom. The minimum absolute atomic E-state index is 0.212. The smallest absolute Gasteiger partial charge is 0.407 e. The van der Waals surface area contributed by atoms with Gasteiger partial charge in [-0.25, -0.2) is 9.59 Å². The number of hydrogen-bond donors (Lipinski definition) is 3. The Hall–Kier alpha value is -4.25. The largest absolute Gasteiger partial charge is 0.444 e. The van der Waals surface area contributed by atoms with Gasteiger partial charge in [0.1, 0.15) is 24.5 Å². The maximum absolute atomic E-state index is 13.0. The van der Waals surface area contributed by atoms with E-state index in [1.807, 2.05) is 51.4 Å². The van der Waals surface area contributed by atoms with Crippen molar-refractivity contribution in [2.24, 2.45) is 12.8 Å². The van der Waals surface area contributed by atoms with E-state index in [0.717, 1.165) is 54.8 Å². The topological polar surface area (TPSA) is 191 Å². The standard InChI is InChI=1S/C41H59N3O10.C2H7N.CH5N/c1-31(36(15-8-22-46)42-39(48)54-41(2,3)4)53-30-33-19-17-32(18-20-33)11-9-23-50-25-27-52-28-26-51-24-10-13-34-12-6-16-37-38(34)43(5)40(49)44(37)35(29-47)14-7-21-45;1-3-2;1-2/h6,12,16-22,29,31,35-36H,7-11,13-15,23-28,30H2,1-5H3,(H,42,48);3H,1-2H3;2H2,1H3/t31-,35?,36+;;/m1../s1. The van der Waals surface area contributed by atoms with E-state index >= 15 is 0 Å². The lowest BCUT2D eigenvalue weighted by Crippen LogP contribution is -2.45. The Balaban J connectivity index is 0.00000332. The molecule has 332 valence electrons. The lowest BCUT2D eigenvalue weighted by molar-refractivity contribution is -0.111. The Bertz CT molecular complexity index is 1670. The first kappa shape index (κ1) is 52.8. The van der Waals surface area contributed by atoms with Crippen molar-refractivity contribution in [3.8, 4) is 0 Å². The number of fused-ring (bicyclic) bond motifs is 1. The SMILES string of the molecule is CN.CNC.C[C@@H](OCc1ccc(CCCOCCOCCOCCCc2cccc3c2n(C)c(=O)n3C(C=O)CCC=O)cc1)[C@H](CCC=O)NC(=O)OC(C)(C)C. The molecule has 2 aromatic carbocycles. The van der Waals surface area contributed by atoms with Gasteiger partial charge in [-0.3, -0.25) is 9.13 Å². The number of imidazole rings is 1. The molecule has 4 N–H and O–H groups in total. The maximum Gasteiger partial charge on any atom is 0.407 e. The van der Waals surface area contributed by atoms with Crippen LogP contribution in [0.25, 0.3) is 11.0 Å². The molecule has 1 aromatic heterocycles. The van der Waals surface area contributed by atoms with E-state index in [2.05, 4.69) is 28.5 Å². The summed E-state index contributed by atoms with van der Waals surface area (Å²) >= 11 is 0. The molecule has 1 unspecified atom stereocenters. The van der Waals surface area contributed by atoms with Crippen LogP contribution in [0.2, 0.25) is 0 Å². The van der Waals surface area contributed by atoms with Crippen molar-refractivity contribution >= 4 is 36.0 Å². The van der Waals surface area contributed by atoms with Crippen molar-refractivity contribution in [1.29, 1.82) is 0 Å². The number of rotatable bonds is 27. The van der Waals surface area contributed by atoms with Crippen LogP contribution in [0, 0.1) is 0 Å². The van der Waals surface area contributed by atoms with Gasteiger partial charge in [0.15, 0.2) is 0 Å². The van der Waals surface area contributed by atoms with Crippen molar-refractivity contribution in [3.63, 3.8) is 0 Å². The Morgan fingerprint density at radius 3 is 1.92 bits per heavy atom. The van der Waals surface area contributed by atoms with Gasteiger partial charge in [-0.15, -0.1) is 0 Å². The zero-order chi connectivity index (χ0) is 44.1. The third-order valence-electron chi connectivity index (χ3n) is 8.89. The number of alkyl carbamates (subject to hydrolysis) is 1. The molecule has 15 nitrogen and oxygen atoms in total. The molecule has 0 saturated heterocycles. The van der Waals surface area contributed by atoms with Gasteiger partial charge in [0.2, 0.25) is 0 Å². The number of ether oxygens (including phenoxy) is 5. The highest BCUT2D eigenvalue weighted by molar-refractivity contribution is 5.81. The first-order chi connectivity index (χ1) is 28.4.